The molecule has 0 spiro atoms. The van der Waals surface area contributed by atoms with E-state index < -0.39 is 16.2 Å². The van der Waals surface area contributed by atoms with Gasteiger partial charge in [0.05, 0.1) is 5.69 Å². The van der Waals surface area contributed by atoms with Crippen molar-refractivity contribution in [3.63, 3.8) is 0 Å². The van der Waals surface area contributed by atoms with Crippen molar-refractivity contribution in [3.8, 4) is 0 Å². The molecule has 1 amide bonds. The number of amides is 1. The standard InChI is InChI=1S/C21H19N3O3S/c25-21(22-14-15-6-2-1-3-7-15)17-12-10-16(11-13-17)20-23-18-8-4-5-9-19(18)28(26,27)24-20/h1-13,20,23-24H,14H2,(H,22,25)/t20-/m1/s1. The second-order valence-corrected chi connectivity index (χ2v) is 8.17. The fourth-order valence-electron chi connectivity index (χ4n) is 3.08. The third-order valence-corrected chi connectivity index (χ3v) is 6.03. The molecule has 0 saturated heterocycles. The Morgan fingerprint density at radius 3 is 2.32 bits per heavy atom. The van der Waals surface area contributed by atoms with Gasteiger partial charge in [-0.15, -0.1) is 0 Å². The molecule has 0 bridgehead atoms. The molecule has 3 aromatic rings. The van der Waals surface area contributed by atoms with Gasteiger partial charge in [-0.3, -0.25) is 4.79 Å². The summed E-state index contributed by atoms with van der Waals surface area (Å²) in [5.74, 6) is -0.182. The number of hydrogen-bond acceptors (Lipinski definition) is 4. The quantitative estimate of drug-likeness (QED) is 0.636. The van der Waals surface area contributed by atoms with Crippen molar-refractivity contribution < 1.29 is 13.2 Å². The molecule has 142 valence electrons. The number of carbonyl (C=O) groups is 1. The number of hydrogen-bond donors (Lipinski definition) is 3. The lowest BCUT2D eigenvalue weighted by atomic mass is 10.1. The maximum Gasteiger partial charge on any atom is 0.251 e. The first-order chi connectivity index (χ1) is 13.5. The van der Waals surface area contributed by atoms with E-state index >= 15 is 0 Å². The van der Waals surface area contributed by atoms with Crippen LogP contribution in [-0.4, -0.2) is 14.3 Å². The number of fused-ring (bicyclic) bond motifs is 1. The number of sulfonamides is 1. The van der Waals surface area contributed by atoms with E-state index in [-0.39, 0.29) is 10.8 Å². The molecule has 4 rings (SSSR count). The Bertz CT molecular complexity index is 1100. The fraction of sp³-hybridized carbons (Fsp3) is 0.0952. The fourth-order valence-corrected chi connectivity index (χ4v) is 4.39. The topological polar surface area (TPSA) is 87.3 Å². The highest BCUT2D eigenvalue weighted by molar-refractivity contribution is 7.89. The van der Waals surface area contributed by atoms with E-state index in [9.17, 15) is 13.2 Å². The van der Waals surface area contributed by atoms with Crippen molar-refractivity contribution in [2.24, 2.45) is 0 Å². The number of rotatable bonds is 4. The largest absolute Gasteiger partial charge is 0.364 e. The molecule has 0 saturated carbocycles. The Morgan fingerprint density at radius 1 is 0.893 bits per heavy atom. The van der Waals surface area contributed by atoms with Gasteiger partial charge in [0.15, 0.2) is 0 Å². The van der Waals surface area contributed by atoms with Gasteiger partial charge in [-0.25, -0.2) is 8.42 Å². The average molecular weight is 393 g/mol. The molecule has 1 aliphatic heterocycles. The van der Waals surface area contributed by atoms with Crippen LogP contribution >= 0.6 is 0 Å². The summed E-state index contributed by atoms with van der Waals surface area (Å²) in [5.41, 5.74) is 2.80. The molecule has 28 heavy (non-hydrogen) atoms. The van der Waals surface area contributed by atoms with E-state index in [4.69, 9.17) is 0 Å². The number of carbonyl (C=O) groups excluding carboxylic acids is 1. The lowest BCUT2D eigenvalue weighted by Crippen LogP contribution is -2.38. The molecular formula is C21H19N3O3S. The molecule has 3 aromatic carbocycles. The van der Waals surface area contributed by atoms with Crippen LogP contribution in [0.1, 0.15) is 27.7 Å². The van der Waals surface area contributed by atoms with Crippen LogP contribution in [0.25, 0.3) is 0 Å². The molecule has 6 nitrogen and oxygen atoms in total. The second kappa shape index (κ2) is 7.46. The molecule has 0 radical (unpaired) electrons. The van der Waals surface area contributed by atoms with Crippen molar-refractivity contribution in [2.75, 3.05) is 5.32 Å². The molecule has 1 heterocycles. The summed E-state index contributed by atoms with van der Waals surface area (Å²) in [7, 11) is -3.60. The van der Waals surface area contributed by atoms with Crippen LogP contribution in [0.15, 0.2) is 83.8 Å². The highest BCUT2D eigenvalue weighted by atomic mass is 32.2. The van der Waals surface area contributed by atoms with E-state index in [0.29, 0.717) is 17.8 Å². The van der Waals surface area contributed by atoms with E-state index in [1.54, 1.807) is 48.5 Å². The Balaban J connectivity index is 1.47. The molecule has 7 heteroatoms. The molecule has 1 aliphatic rings. The molecular weight excluding hydrogens is 374 g/mol. The first-order valence-electron chi connectivity index (χ1n) is 8.83. The van der Waals surface area contributed by atoms with E-state index in [2.05, 4.69) is 15.4 Å². The lowest BCUT2D eigenvalue weighted by Gasteiger charge is -2.28. The maximum absolute atomic E-state index is 12.4. The lowest BCUT2D eigenvalue weighted by molar-refractivity contribution is 0.0951. The first-order valence-corrected chi connectivity index (χ1v) is 10.3. The van der Waals surface area contributed by atoms with E-state index in [1.165, 1.54) is 0 Å². The van der Waals surface area contributed by atoms with Gasteiger partial charge in [-0.1, -0.05) is 54.6 Å². The third-order valence-electron chi connectivity index (χ3n) is 4.55. The van der Waals surface area contributed by atoms with Crippen molar-refractivity contribution in [1.29, 1.82) is 0 Å². The summed E-state index contributed by atoms with van der Waals surface area (Å²) in [6.45, 7) is 0.447. The van der Waals surface area contributed by atoms with Gasteiger partial charge in [0.25, 0.3) is 5.91 Å². The van der Waals surface area contributed by atoms with Crippen molar-refractivity contribution in [1.82, 2.24) is 10.0 Å². The van der Waals surface area contributed by atoms with E-state index in [1.807, 2.05) is 30.3 Å². The van der Waals surface area contributed by atoms with E-state index in [0.717, 1.165) is 11.1 Å². The van der Waals surface area contributed by atoms with Gasteiger partial charge < -0.3 is 10.6 Å². The van der Waals surface area contributed by atoms with Gasteiger partial charge in [-0.2, -0.15) is 4.72 Å². The predicted octanol–water partition coefficient (Wildman–Crippen LogP) is 3.02. The van der Waals surface area contributed by atoms with Gasteiger partial charge >= 0.3 is 0 Å². The maximum atomic E-state index is 12.4. The Hall–Kier alpha value is -3.16. The number of nitrogens with one attached hydrogen (secondary N) is 3. The molecule has 3 N–H and O–H groups in total. The summed E-state index contributed by atoms with van der Waals surface area (Å²) < 4.78 is 27.5. The summed E-state index contributed by atoms with van der Waals surface area (Å²) in [5, 5.41) is 6.05. The Kier molecular flexibility index (Phi) is 4.85. The molecule has 0 unspecified atom stereocenters. The van der Waals surface area contributed by atoms with Crippen molar-refractivity contribution in [2.45, 2.75) is 17.6 Å². The SMILES string of the molecule is O=C(NCc1ccccc1)c1ccc([C@@H]2Nc3ccccc3S(=O)(=O)N2)cc1. The number of anilines is 1. The number of benzene rings is 3. The summed E-state index contributed by atoms with van der Waals surface area (Å²) >= 11 is 0. The van der Waals surface area contributed by atoms with Crippen LogP contribution in [0.5, 0.6) is 0 Å². The number of para-hydroxylation sites is 1. The molecule has 0 aromatic heterocycles. The van der Waals surface area contributed by atoms with Gasteiger partial charge in [0.1, 0.15) is 11.1 Å². The van der Waals surface area contributed by atoms with Crippen LogP contribution in [0, 0.1) is 0 Å². The second-order valence-electron chi connectivity index (χ2n) is 6.49. The minimum absolute atomic E-state index is 0.182. The predicted molar refractivity (Wildman–Crippen MR) is 107 cm³/mol. The monoisotopic (exact) mass is 393 g/mol. The minimum atomic E-state index is -3.60. The van der Waals surface area contributed by atoms with Gasteiger partial charge in [0, 0.05) is 12.1 Å². The zero-order valence-corrected chi connectivity index (χ0v) is 15.7. The average Bonchev–Trinajstić information content (AvgIpc) is 2.72. The van der Waals surface area contributed by atoms with Crippen LogP contribution in [0.4, 0.5) is 5.69 Å². The Labute approximate surface area is 163 Å². The van der Waals surface area contributed by atoms with Crippen LogP contribution < -0.4 is 15.4 Å². The summed E-state index contributed by atoms with van der Waals surface area (Å²) in [4.78, 5) is 12.6. The molecule has 0 fully saturated rings. The van der Waals surface area contributed by atoms with Gasteiger partial charge in [-0.05, 0) is 35.4 Å². The first kappa shape index (κ1) is 18.2. The van der Waals surface area contributed by atoms with Crippen LogP contribution in [0.2, 0.25) is 0 Å². The summed E-state index contributed by atoms with van der Waals surface area (Å²) in [6.07, 6.45) is -0.596. The zero-order valence-electron chi connectivity index (χ0n) is 14.9. The Morgan fingerprint density at radius 2 is 1.57 bits per heavy atom. The third kappa shape index (κ3) is 3.76. The normalized spacial score (nSPS) is 17.2. The van der Waals surface area contributed by atoms with Crippen molar-refractivity contribution >= 4 is 21.6 Å². The highest BCUT2D eigenvalue weighted by Gasteiger charge is 2.29. The van der Waals surface area contributed by atoms with Crippen LogP contribution in [-0.2, 0) is 16.6 Å². The zero-order chi connectivity index (χ0) is 19.6. The minimum Gasteiger partial charge on any atom is -0.364 e. The smallest absolute Gasteiger partial charge is 0.251 e. The summed E-state index contributed by atoms with van der Waals surface area (Å²) in [6, 6.07) is 23.3. The van der Waals surface area contributed by atoms with Crippen LogP contribution in [0.3, 0.4) is 0 Å². The highest BCUT2D eigenvalue weighted by Crippen LogP contribution is 2.30. The van der Waals surface area contributed by atoms with Gasteiger partial charge in [0.2, 0.25) is 10.0 Å². The van der Waals surface area contributed by atoms with Crippen molar-refractivity contribution in [3.05, 3.63) is 95.6 Å². The molecule has 1 atom stereocenters. The molecule has 0 aliphatic carbocycles.